The first-order chi connectivity index (χ1) is 10.1. The average Bonchev–Trinajstić information content (AvgIpc) is 3.23. The van der Waals surface area contributed by atoms with Crippen LogP contribution in [0.25, 0.3) is 10.9 Å². The second-order valence-electron chi connectivity index (χ2n) is 6.09. The van der Waals surface area contributed by atoms with E-state index in [9.17, 15) is 9.90 Å². The predicted octanol–water partition coefficient (Wildman–Crippen LogP) is 2.95. The number of carboxylic acids is 1. The monoisotopic (exact) mass is 286 g/mol. The summed E-state index contributed by atoms with van der Waals surface area (Å²) in [5, 5.41) is 10.5. The maximum atomic E-state index is 11.4. The normalized spacial score (nSPS) is 16.3. The molecule has 1 unspecified atom stereocenters. The molecular weight excluding hydrogens is 264 g/mol. The molecule has 112 valence electrons. The third-order valence-corrected chi connectivity index (χ3v) is 4.52. The SMILES string of the molecule is Cc1[nH]c2c(C3CC3)cccc2c1CC(CCN)C(=O)O. The van der Waals surface area contributed by atoms with Crippen molar-refractivity contribution in [2.45, 2.75) is 38.5 Å². The first-order valence-electron chi connectivity index (χ1n) is 7.64. The van der Waals surface area contributed by atoms with Crippen molar-refractivity contribution < 1.29 is 9.90 Å². The first kappa shape index (κ1) is 14.1. The fourth-order valence-corrected chi connectivity index (χ4v) is 3.18. The molecule has 1 aromatic heterocycles. The molecular formula is C17H22N2O2. The number of hydrogen-bond donors (Lipinski definition) is 3. The van der Waals surface area contributed by atoms with Crippen molar-refractivity contribution in [2.24, 2.45) is 11.7 Å². The lowest BCUT2D eigenvalue weighted by atomic mass is 9.94. The molecule has 0 saturated heterocycles. The van der Waals surface area contributed by atoms with Crippen LogP contribution in [0, 0.1) is 12.8 Å². The van der Waals surface area contributed by atoms with Gasteiger partial charge in [-0.15, -0.1) is 0 Å². The number of aromatic nitrogens is 1. The van der Waals surface area contributed by atoms with Gasteiger partial charge >= 0.3 is 5.97 Å². The number of nitrogens with two attached hydrogens (primary N) is 1. The van der Waals surface area contributed by atoms with Gasteiger partial charge in [0.25, 0.3) is 0 Å². The van der Waals surface area contributed by atoms with E-state index in [-0.39, 0.29) is 0 Å². The van der Waals surface area contributed by atoms with Gasteiger partial charge in [0.2, 0.25) is 0 Å². The van der Waals surface area contributed by atoms with Crippen molar-refractivity contribution in [3.63, 3.8) is 0 Å². The lowest BCUT2D eigenvalue weighted by Gasteiger charge is -2.11. The summed E-state index contributed by atoms with van der Waals surface area (Å²) in [4.78, 5) is 14.9. The topological polar surface area (TPSA) is 79.1 Å². The molecule has 4 N–H and O–H groups in total. The van der Waals surface area contributed by atoms with E-state index < -0.39 is 11.9 Å². The zero-order valence-electron chi connectivity index (χ0n) is 12.4. The predicted molar refractivity (Wildman–Crippen MR) is 83.5 cm³/mol. The zero-order chi connectivity index (χ0) is 15.0. The van der Waals surface area contributed by atoms with Crippen molar-refractivity contribution in [3.05, 3.63) is 35.0 Å². The average molecular weight is 286 g/mol. The number of aromatic amines is 1. The Bertz CT molecular complexity index is 671. The number of aliphatic carboxylic acids is 1. The maximum Gasteiger partial charge on any atom is 0.306 e. The van der Waals surface area contributed by atoms with E-state index in [1.807, 2.05) is 6.92 Å². The van der Waals surface area contributed by atoms with Crippen LogP contribution in [0.4, 0.5) is 0 Å². The van der Waals surface area contributed by atoms with Crippen molar-refractivity contribution in [1.82, 2.24) is 4.98 Å². The Kier molecular flexibility index (Phi) is 3.72. The van der Waals surface area contributed by atoms with E-state index in [1.165, 1.54) is 29.3 Å². The molecule has 4 nitrogen and oxygen atoms in total. The summed E-state index contributed by atoms with van der Waals surface area (Å²) in [6.45, 7) is 2.44. The Morgan fingerprint density at radius 1 is 1.48 bits per heavy atom. The van der Waals surface area contributed by atoms with E-state index in [2.05, 4.69) is 23.2 Å². The Morgan fingerprint density at radius 3 is 2.86 bits per heavy atom. The molecule has 0 bridgehead atoms. The van der Waals surface area contributed by atoms with Crippen LogP contribution in [0.2, 0.25) is 0 Å². The van der Waals surface area contributed by atoms with Crippen LogP contribution >= 0.6 is 0 Å². The number of hydrogen-bond acceptors (Lipinski definition) is 2. The highest BCUT2D eigenvalue weighted by atomic mass is 16.4. The fourth-order valence-electron chi connectivity index (χ4n) is 3.18. The number of carboxylic acid groups (broad SMARTS) is 1. The molecule has 0 aliphatic heterocycles. The molecule has 1 atom stereocenters. The molecule has 0 amide bonds. The largest absolute Gasteiger partial charge is 0.481 e. The summed E-state index contributed by atoms with van der Waals surface area (Å²) in [6, 6.07) is 6.38. The Balaban J connectivity index is 2.00. The van der Waals surface area contributed by atoms with Crippen LogP contribution in [-0.4, -0.2) is 22.6 Å². The van der Waals surface area contributed by atoms with Gasteiger partial charge in [-0.2, -0.15) is 0 Å². The van der Waals surface area contributed by atoms with Crippen molar-refractivity contribution in [1.29, 1.82) is 0 Å². The molecule has 2 aromatic rings. The van der Waals surface area contributed by atoms with Gasteiger partial charge in [0.05, 0.1) is 5.92 Å². The van der Waals surface area contributed by atoms with Crippen molar-refractivity contribution in [2.75, 3.05) is 6.54 Å². The van der Waals surface area contributed by atoms with Crippen molar-refractivity contribution in [3.8, 4) is 0 Å². The highest BCUT2D eigenvalue weighted by Gasteiger charge is 2.27. The number of benzene rings is 1. The minimum Gasteiger partial charge on any atom is -0.481 e. The zero-order valence-corrected chi connectivity index (χ0v) is 12.4. The molecule has 1 aliphatic carbocycles. The fraction of sp³-hybridized carbons (Fsp3) is 0.471. The maximum absolute atomic E-state index is 11.4. The summed E-state index contributed by atoms with van der Waals surface area (Å²) >= 11 is 0. The number of rotatable bonds is 6. The quantitative estimate of drug-likeness (QED) is 0.764. The smallest absolute Gasteiger partial charge is 0.306 e. The number of fused-ring (bicyclic) bond motifs is 1. The Hall–Kier alpha value is -1.81. The molecule has 1 heterocycles. The molecule has 0 spiro atoms. The van der Waals surface area contributed by atoms with Gasteiger partial charge in [-0.3, -0.25) is 4.79 Å². The van der Waals surface area contributed by atoms with Gasteiger partial charge in [0, 0.05) is 16.6 Å². The third kappa shape index (κ3) is 2.68. The number of aryl methyl sites for hydroxylation is 1. The van der Waals surface area contributed by atoms with Crippen LogP contribution in [0.15, 0.2) is 18.2 Å². The molecule has 1 aliphatic rings. The Morgan fingerprint density at radius 2 is 2.24 bits per heavy atom. The number of para-hydroxylation sites is 1. The van der Waals surface area contributed by atoms with Gasteiger partial charge in [0.15, 0.2) is 0 Å². The van der Waals surface area contributed by atoms with Gasteiger partial charge < -0.3 is 15.8 Å². The summed E-state index contributed by atoms with van der Waals surface area (Å²) in [5.41, 5.74) is 10.3. The van der Waals surface area contributed by atoms with Crippen LogP contribution in [0.1, 0.15) is 42.0 Å². The van der Waals surface area contributed by atoms with E-state index >= 15 is 0 Å². The number of carbonyl (C=O) groups is 1. The van der Waals surface area contributed by atoms with E-state index in [1.54, 1.807) is 0 Å². The van der Waals surface area contributed by atoms with Crippen LogP contribution in [0.3, 0.4) is 0 Å². The second-order valence-corrected chi connectivity index (χ2v) is 6.09. The van der Waals surface area contributed by atoms with Crippen LogP contribution in [0.5, 0.6) is 0 Å². The minimum absolute atomic E-state index is 0.405. The van der Waals surface area contributed by atoms with E-state index in [4.69, 9.17) is 5.73 Å². The van der Waals surface area contributed by atoms with Gasteiger partial charge in [0.1, 0.15) is 0 Å². The second kappa shape index (κ2) is 5.53. The van der Waals surface area contributed by atoms with Crippen LogP contribution in [-0.2, 0) is 11.2 Å². The highest BCUT2D eigenvalue weighted by Crippen LogP contribution is 2.43. The van der Waals surface area contributed by atoms with Gasteiger partial charge in [-0.05, 0) is 56.2 Å². The highest BCUT2D eigenvalue weighted by molar-refractivity contribution is 5.88. The van der Waals surface area contributed by atoms with Gasteiger partial charge in [-0.1, -0.05) is 18.2 Å². The van der Waals surface area contributed by atoms with Gasteiger partial charge in [-0.25, -0.2) is 0 Å². The first-order valence-corrected chi connectivity index (χ1v) is 7.64. The minimum atomic E-state index is -0.757. The third-order valence-electron chi connectivity index (χ3n) is 4.52. The summed E-state index contributed by atoms with van der Waals surface area (Å²) < 4.78 is 0. The lowest BCUT2D eigenvalue weighted by molar-refractivity contribution is -0.141. The van der Waals surface area contributed by atoms with Crippen molar-refractivity contribution >= 4 is 16.9 Å². The number of nitrogens with one attached hydrogen (secondary N) is 1. The summed E-state index contributed by atoms with van der Waals surface area (Å²) in [6.07, 6.45) is 3.59. The Labute approximate surface area is 124 Å². The summed E-state index contributed by atoms with van der Waals surface area (Å²) in [7, 11) is 0. The van der Waals surface area contributed by atoms with E-state index in [0.717, 1.165) is 11.3 Å². The number of H-pyrrole nitrogens is 1. The molecule has 21 heavy (non-hydrogen) atoms. The molecule has 4 heteroatoms. The molecule has 1 saturated carbocycles. The summed E-state index contributed by atoms with van der Waals surface area (Å²) in [5.74, 6) is -0.483. The molecule has 1 fully saturated rings. The molecule has 1 aromatic carbocycles. The van der Waals surface area contributed by atoms with E-state index in [0.29, 0.717) is 25.3 Å². The lowest BCUT2D eigenvalue weighted by Crippen LogP contribution is -2.20. The van der Waals surface area contributed by atoms with Crippen LogP contribution < -0.4 is 5.73 Å². The molecule has 3 rings (SSSR count). The standard InChI is InChI=1S/C17H22N2O2/c1-10-15(9-12(7-8-18)17(20)21)14-4-2-3-13(11-5-6-11)16(14)19-10/h2-4,11-12,19H,5-9,18H2,1H3,(H,20,21). The molecule has 0 radical (unpaired) electrons.